The molecule has 0 saturated carbocycles. The lowest BCUT2D eigenvalue weighted by molar-refractivity contribution is -0.137. The van der Waals surface area contributed by atoms with Gasteiger partial charge in [-0.3, -0.25) is 29.5 Å². The number of anilines is 1. The van der Waals surface area contributed by atoms with Crippen LogP contribution in [0.5, 0.6) is 11.6 Å². The summed E-state index contributed by atoms with van der Waals surface area (Å²) in [5.41, 5.74) is 17.0. The van der Waals surface area contributed by atoms with Crippen molar-refractivity contribution in [1.29, 1.82) is 0 Å². The highest BCUT2D eigenvalue weighted by atomic mass is 19.1. The van der Waals surface area contributed by atoms with Crippen LogP contribution >= 0.6 is 0 Å². The summed E-state index contributed by atoms with van der Waals surface area (Å²) in [5, 5.41) is 15.7. The van der Waals surface area contributed by atoms with E-state index in [0.717, 1.165) is 42.3 Å². The SMILES string of the molecule is Cc1c(CN2CCN(c3ccc(CN(C)C4CCC(=O)NC4=O)c(C=O)c3)CC2)cnc(OC2CC3CNC(N)=C(/C=C(\N)c4cccc(F)c4O)N3C2)c1F. The summed E-state index contributed by atoms with van der Waals surface area (Å²) in [6.45, 7) is 6.45. The lowest BCUT2D eigenvalue weighted by Gasteiger charge is -2.36. The molecule has 56 heavy (non-hydrogen) atoms. The molecule has 0 spiro atoms. The lowest BCUT2D eigenvalue weighted by Crippen LogP contribution is -2.51. The van der Waals surface area contributed by atoms with Gasteiger partial charge in [-0.1, -0.05) is 12.1 Å². The van der Waals surface area contributed by atoms with Crippen molar-refractivity contribution in [1.82, 2.24) is 30.3 Å². The maximum absolute atomic E-state index is 15.8. The Balaban J connectivity index is 0.940. The summed E-state index contributed by atoms with van der Waals surface area (Å²) in [7, 11) is 1.82. The minimum Gasteiger partial charge on any atom is -0.504 e. The van der Waals surface area contributed by atoms with Gasteiger partial charge in [-0.2, -0.15) is 0 Å². The maximum atomic E-state index is 15.8. The topological polar surface area (TPSA) is 183 Å². The van der Waals surface area contributed by atoms with Crippen LogP contribution in [0.25, 0.3) is 5.70 Å². The second kappa shape index (κ2) is 16.2. The number of rotatable bonds is 11. The van der Waals surface area contributed by atoms with E-state index in [9.17, 15) is 23.9 Å². The zero-order valence-corrected chi connectivity index (χ0v) is 31.4. The van der Waals surface area contributed by atoms with Crippen molar-refractivity contribution in [2.24, 2.45) is 11.5 Å². The molecule has 7 N–H and O–H groups in total. The number of phenolic OH excluding ortho intramolecular Hbond substituents is 1. The smallest absolute Gasteiger partial charge is 0.251 e. The molecule has 2 aromatic carbocycles. The molecule has 5 heterocycles. The molecule has 3 unspecified atom stereocenters. The monoisotopic (exact) mass is 771 g/mol. The number of hydrogen-bond acceptors (Lipinski definition) is 13. The Kier molecular flexibility index (Phi) is 11.1. The fourth-order valence-corrected chi connectivity index (χ4v) is 7.96. The fourth-order valence-electron chi connectivity index (χ4n) is 7.96. The zero-order chi connectivity index (χ0) is 39.7. The molecule has 3 atom stereocenters. The number of likely N-dealkylation sites (N-methyl/N-ethyl adjacent to an activating group) is 1. The largest absolute Gasteiger partial charge is 0.504 e. The number of amides is 2. The van der Waals surface area contributed by atoms with Crippen LogP contribution in [0.1, 0.15) is 51.9 Å². The first-order chi connectivity index (χ1) is 26.9. The Morgan fingerprint density at radius 2 is 1.93 bits per heavy atom. The first-order valence-corrected chi connectivity index (χ1v) is 18.7. The van der Waals surface area contributed by atoms with Crippen molar-refractivity contribution in [3.63, 3.8) is 0 Å². The Bertz CT molecular complexity index is 2090. The maximum Gasteiger partial charge on any atom is 0.251 e. The van der Waals surface area contributed by atoms with Crippen molar-refractivity contribution in [3.05, 3.63) is 99.6 Å². The second-order valence-corrected chi connectivity index (χ2v) is 14.9. The van der Waals surface area contributed by atoms with Gasteiger partial charge in [0.15, 0.2) is 17.4 Å². The molecule has 0 radical (unpaired) electrons. The van der Waals surface area contributed by atoms with Crippen molar-refractivity contribution in [3.8, 4) is 11.6 Å². The number of carbonyl (C=O) groups is 3. The number of hydrogen-bond donors (Lipinski definition) is 5. The quantitative estimate of drug-likeness (QED) is 0.142. The summed E-state index contributed by atoms with van der Waals surface area (Å²) in [5.74, 6) is -2.10. The zero-order valence-electron chi connectivity index (χ0n) is 31.4. The minimum absolute atomic E-state index is 0.0239. The molecule has 16 heteroatoms. The Morgan fingerprint density at radius 3 is 2.68 bits per heavy atom. The third kappa shape index (κ3) is 7.97. The number of aromatic nitrogens is 1. The number of benzene rings is 2. The number of fused-ring (bicyclic) bond motifs is 1. The highest BCUT2D eigenvalue weighted by Crippen LogP contribution is 2.33. The van der Waals surface area contributed by atoms with Crippen LogP contribution in [-0.2, 0) is 22.7 Å². The van der Waals surface area contributed by atoms with Crippen molar-refractivity contribution < 1.29 is 33.0 Å². The molecule has 2 amide bonds. The van der Waals surface area contributed by atoms with E-state index in [1.54, 1.807) is 19.2 Å². The molecule has 3 aromatic rings. The van der Waals surface area contributed by atoms with E-state index in [1.807, 2.05) is 35.0 Å². The van der Waals surface area contributed by atoms with Crippen LogP contribution < -0.4 is 31.7 Å². The van der Waals surface area contributed by atoms with E-state index < -0.39 is 23.4 Å². The highest BCUT2D eigenvalue weighted by molar-refractivity contribution is 6.00. The molecule has 4 aliphatic heterocycles. The first-order valence-electron chi connectivity index (χ1n) is 18.7. The number of carbonyl (C=O) groups excluding carboxylic acids is 3. The molecule has 0 bridgehead atoms. The predicted octanol–water partition coefficient (Wildman–Crippen LogP) is 2.30. The van der Waals surface area contributed by atoms with E-state index in [1.165, 1.54) is 12.1 Å². The number of ether oxygens (including phenoxy) is 1. The molecule has 7 rings (SSSR count). The number of allylic oxidation sites excluding steroid dienone is 1. The lowest BCUT2D eigenvalue weighted by atomic mass is 10.0. The number of piperazine rings is 1. The Labute approximate surface area is 323 Å². The molecule has 14 nitrogen and oxygen atoms in total. The number of nitrogens with one attached hydrogen (secondary N) is 2. The summed E-state index contributed by atoms with van der Waals surface area (Å²) in [4.78, 5) is 48.7. The Hall–Kier alpha value is -5.74. The van der Waals surface area contributed by atoms with Crippen molar-refractivity contribution in [2.75, 3.05) is 51.2 Å². The summed E-state index contributed by atoms with van der Waals surface area (Å²) in [6, 6.07) is 9.46. The number of phenols is 1. The first kappa shape index (κ1) is 38.5. The standard InChI is InChI=1S/C40H47F2N9O5/c1-23-26(20-49-10-12-50(13-11-49)27-7-6-24(25(14-27)22-52)19-48(2)33-8-9-35(53)47-39(33)55)17-46-40(36(23)42)56-29-15-28-18-45-38(44)34(51(28)21-29)16-32(43)30-4-3-5-31(41)37(30)54/h3-7,14,16-17,22,28-29,33,45,54H,8-13,15,18-21,43-44H2,1-2H3,(H,47,53,55)/b32-16-. The predicted molar refractivity (Wildman–Crippen MR) is 205 cm³/mol. The summed E-state index contributed by atoms with van der Waals surface area (Å²) >= 11 is 0. The number of nitrogens with zero attached hydrogens (tertiary/aromatic N) is 5. The molecule has 296 valence electrons. The number of para-hydroxylation sites is 1. The van der Waals surface area contributed by atoms with E-state index in [4.69, 9.17) is 16.2 Å². The summed E-state index contributed by atoms with van der Waals surface area (Å²) in [6.07, 6.45) is 5.01. The second-order valence-electron chi connectivity index (χ2n) is 14.9. The molecule has 3 saturated heterocycles. The number of aldehydes is 1. The average molecular weight is 772 g/mol. The van der Waals surface area contributed by atoms with Crippen LogP contribution in [0.3, 0.4) is 0 Å². The minimum atomic E-state index is -0.780. The van der Waals surface area contributed by atoms with Gasteiger partial charge >= 0.3 is 0 Å². The Morgan fingerprint density at radius 1 is 1.14 bits per heavy atom. The van der Waals surface area contributed by atoms with Gasteiger partial charge in [-0.25, -0.2) is 13.8 Å². The number of piperidine rings is 1. The molecule has 0 aliphatic carbocycles. The van der Waals surface area contributed by atoms with Gasteiger partial charge in [-0.05, 0) is 67.4 Å². The number of pyridine rings is 1. The fraction of sp³-hybridized carbons (Fsp3) is 0.400. The van der Waals surface area contributed by atoms with Gasteiger partial charge in [0.25, 0.3) is 5.88 Å². The number of aromatic hydroxyl groups is 1. The van der Waals surface area contributed by atoms with E-state index in [-0.39, 0.29) is 47.5 Å². The van der Waals surface area contributed by atoms with Crippen LogP contribution in [0.4, 0.5) is 14.5 Å². The van der Waals surface area contributed by atoms with Crippen LogP contribution in [-0.4, -0.2) is 107 Å². The number of halogens is 2. The average Bonchev–Trinajstić information content (AvgIpc) is 3.60. The third-order valence-electron chi connectivity index (χ3n) is 11.2. The van der Waals surface area contributed by atoms with Crippen molar-refractivity contribution in [2.45, 2.75) is 57.5 Å². The van der Waals surface area contributed by atoms with Gasteiger partial charge in [0.05, 0.1) is 24.3 Å². The summed E-state index contributed by atoms with van der Waals surface area (Å²) < 4.78 is 35.9. The molecule has 4 aliphatic rings. The van der Waals surface area contributed by atoms with E-state index in [2.05, 4.69) is 25.4 Å². The van der Waals surface area contributed by atoms with Crippen LogP contribution in [0.15, 0.2) is 60.2 Å². The molecule has 3 fully saturated rings. The third-order valence-corrected chi connectivity index (χ3v) is 11.2. The number of nitrogens with two attached hydrogens (primary N) is 2. The van der Waals surface area contributed by atoms with E-state index >= 15 is 4.39 Å². The molecular formula is C40H47F2N9O5. The van der Waals surface area contributed by atoms with Crippen LogP contribution in [0, 0.1) is 18.6 Å². The van der Waals surface area contributed by atoms with Gasteiger partial charge in [0, 0.05) is 87.4 Å². The van der Waals surface area contributed by atoms with Crippen molar-refractivity contribution >= 4 is 29.5 Å². The van der Waals surface area contributed by atoms with Gasteiger partial charge in [-0.15, -0.1) is 0 Å². The van der Waals surface area contributed by atoms with Gasteiger partial charge in [0.2, 0.25) is 11.8 Å². The molecule has 1 aromatic heterocycles. The van der Waals surface area contributed by atoms with Gasteiger partial charge in [0.1, 0.15) is 18.2 Å². The van der Waals surface area contributed by atoms with Crippen LogP contribution in [0.2, 0.25) is 0 Å². The number of imide groups is 1. The highest BCUT2D eigenvalue weighted by Gasteiger charge is 2.38. The van der Waals surface area contributed by atoms with Gasteiger partial charge < -0.3 is 36.4 Å². The molecular weight excluding hydrogens is 724 g/mol. The normalized spacial score (nSPS) is 21.9. The van der Waals surface area contributed by atoms with E-state index in [0.29, 0.717) is 74.8 Å².